The molecule has 1 heterocycles. The zero-order chi connectivity index (χ0) is 10.0. The Kier molecular flexibility index (Phi) is 2.84. The number of rotatable bonds is 3. The lowest BCUT2D eigenvalue weighted by molar-refractivity contribution is -0.0613. The van der Waals surface area contributed by atoms with Gasteiger partial charge in [-0.1, -0.05) is 29.8 Å². The van der Waals surface area contributed by atoms with Gasteiger partial charge in [-0.25, -0.2) is 0 Å². The molecule has 14 heavy (non-hydrogen) atoms. The summed E-state index contributed by atoms with van der Waals surface area (Å²) in [7, 11) is 0. The van der Waals surface area contributed by atoms with Crippen molar-refractivity contribution in [2.24, 2.45) is 0 Å². The van der Waals surface area contributed by atoms with E-state index in [-0.39, 0.29) is 5.41 Å². The van der Waals surface area contributed by atoms with Gasteiger partial charge in [-0.15, -0.1) is 0 Å². The molecular formula is C12H16OS. The number of hydrogen-bond acceptors (Lipinski definition) is 2. The monoisotopic (exact) mass is 208 g/mol. The molecule has 76 valence electrons. The second-order valence-corrected chi connectivity index (χ2v) is 4.56. The van der Waals surface area contributed by atoms with Crippen molar-refractivity contribution >= 4 is 12.6 Å². The van der Waals surface area contributed by atoms with E-state index in [9.17, 15) is 0 Å². The molecule has 1 fully saturated rings. The van der Waals surface area contributed by atoms with E-state index in [1.165, 1.54) is 11.1 Å². The molecule has 1 nitrogen and oxygen atoms in total. The van der Waals surface area contributed by atoms with Gasteiger partial charge in [0.05, 0.1) is 13.2 Å². The summed E-state index contributed by atoms with van der Waals surface area (Å²) in [6.07, 6.45) is 1.11. The van der Waals surface area contributed by atoms with Crippen LogP contribution in [0.5, 0.6) is 0 Å². The normalized spacial score (nSPS) is 19.0. The quantitative estimate of drug-likeness (QED) is 0.751. The second kappa shape index (κ2) is 3.95. The van der Waals surface area contributed by atoms with Crippen molar-refractivity contribution in [1.82, 2.24) is 0 Å². The molecule has 1 aliphatic heterocycles. The molecule has 2 rings (SSSR count). The van der Waals surface area contributed by atoms with Crippen LogP contribution >= 0.6 is 12.6 Å². The molecule has 1 aromatic carbocycles. The zero-order valence-corrected chi connectivity index (χ0v) is 9.39. The number of thiol groups is 1. The average molecular weight is 208 g/mol. The summed E-state index contributed by atoms with van der Waals surface area (Å²) in [5.74, 6) is 0.928. The number of hydrogen-bond donors (Lipinski definition) is 1. The highest BCUT2D eigenvalue weighted by Crippen LogP contribution is 2.35. The average Bonchev–Trinajstić information content (AvgIpc) is 2.13. The molecule has 0 amide bonds. The van der Waals surface area contributed by atoms with Gasteiger partial charge in [0, 0.05) is 5.41 Å². The fourth-order valence-corrected chi connectivity index (χ4v) is 2.35. The highest BCUT2D eigenvalue weighted by molar-refractivity contribution is 7.80. The Morgan fingerprint density at radius 1 is 1.29 bits per heavy atom. The largest absolute Gasteiger partial charge is 0.379 e. The summed E-state index contributed by atoms with van der Waals surface area (Å²) in [5.41, 5.74) is 2.98. The van der Waals surface area contributed by atoms with E-state index in [2.05, 4.69) is 43.8 Å². The lowest BCUT2D eigenvalue weighted by Gasteiger charge is -2.42. The van der Waals surface area contributed by atoms with Crippen LogP contribution in [-0.2, 0) is 10.2 Å². The predicted molar refractivity (Wildman–Crippen MR) is 62.1 cm³/mol. The van der Waals surface area contributed by atoms with Crippen LogP contribution in [0.2, 0.25) is 0 Å². The topological polar surface area (TPSA) is 9.23 Å². The van der Waals surface area contributed by atoms with Gasteiger partial charge in [0.15, 0.2) is 0 Å². The van der Waals surface area contributed by atoms with Crippen LogP contribution < -0.4 is 0 Å². The standard InChI is InChI=1S/C12H16OS/c1-10-2-4-11(5-3-10)12(6-7-14)8-13-9-12/h2-5,14H,6-9H2,1H3. The molecule has 0 radical (unpaired) electrons. The molecule has 0 unspecified atom stereocenters. The Morgan fingerprint density at radius 3 is 2.36 bits per heavy atom. The molecule has 0 spiro atoms. The van der Waals surface area contributed by atoms with Gasteiger partial charge in [-0.05, 0) is 24.7 Å². The SMILES string of the molecule is Cc1ccc(C2(CCS)COC2)cc1. The van der Waals surface area contributed by atoms with Gasteiger partial charge in [0.2, 0.25) is 0 Å². The molecule has 1 aliphatic rings. The van der Waals surface area contributed by atoms with Crippen LogP contribution in [0, 0.1) is 6.92 Å². The summed E-state index contributed by atoms with van der Waals surface area (Å²) in [6, 6.07) is 8.80. The smallest absolute Gasteiger partial charge is 0.0585 e. The third-order valence-corrected chi connectivity index (χ3v) is 3.23. The Labute approximate surface area is 90.9 Å². The lowest BCUT2D eigenvalue weighted by Crippen LogP contribution is -2.47. The molecule has 0 saturated carbocycles. The molecular weight excluding hydrogens is 192 g/mol. The van der Waals surface area contributed by atoms with Crippen molar-refractivity contribution in [3.8, 4) is 0 Å². The third-order valence-electron chi connectivity index (χ3n) is 3.01. The van der Waals surface area contributed by atoms with Crippen molar-refractivity contribution < 1.29 is 4.74 Å². The summed E-state index contributed by atoms with van der Waals surface area (Å²) in [4.78, 5) is 0. The number of ether oxygens (including phenoxy) is 1. The van der Waals surface area contributed by atoms with E-state index in [1.807, 2.05) is 0 Å². The van der Waals surface area contributed by atoms with Crippen LogP contribution in [0.25, 0.3) is 0 Å². The molecule has 0 aliphatic carbocycles. The van der Waals surface area contributed by atoms with Crippen LogP contribution in [0.15, 0.2) is 24.3 Å². The van der Waals surface area contributed by atoms with Gasteiger partial charge in [0.25, 0.3) is 0 Å². The molecule has 1 saturated heterocycles. The summed E-state index contributed by atoms with van der Waals surface area (Å²) >= 11 is 4.32. The fraction of sp³-hybridized carbons (Fsp3) is 0.500. The van der Waals surface area contributed by atoms with Crippen molar-refractivity contribution in [1.29, 1.82) is 0 Å². The van der Waals surface area contributed by atoms with Crippen LogP contribution in [0.4, 0.5) is 0 Å². The minimum Gasteiger partial charge on any atom is -0.379 e. The molecule has 0 aromatic heterocycles. The summed E-state index contributed by atoms with van der Waals surface area (Å²) in [6.45, 7) is 3.83. The first kappa shape index (κ1) is 10.1. The molecule has 1 aromatic rings. The highest BCUT2D eigenvalue weighted by atomic mass is 32.1. The Hall–Kier alpha value is -0.470. The van der Waals surface area contributed by atoms with E-state index in [1.54, 1.807) is 0 Å². The van der Waals surface area contributed by atoms with E-state index < -0.39 is 0 Å². The van der Waals surface area contributed by atoms with Crippen molar-refractivity contribution in [2.45, 2.75) is 18.8 Å². The zero-order valence-electron chi connectivity index (χ0n) is 8.49. The molecule has 2 heteroatoms. The summed E-state index contributed by atoms with van der Waals surface area (Å²) in [5, 5.41) is 0. The van der Waals surface area contributed by atoms with Gasteiger partial charge in [-0.2, -0.15) is 12.6 Å². The number of aryl methyl sites for hydroxylation is 1. The maximum Gasteiger partial charge on any atom is 0.0585 e. The van der Waals surface area contributed by atoms with E-state index in [0.29, 0.717) is 0 Å². The van der Waals surface area contributed by atoms with Gasteiger partial charge >= 0.3 is 0 Å². The lowest BCUT2D eigenvalue weighted by atomic mass is 9.76. The van der Waals surface area contributed by atoms with Crippen LogP contribution in [-0.4, -0.2) is 19.0 Å². The Morgan fingerprint density at radius 2 is 1.93 bits per heavy atom. The predicted octanol–water partition coefficient (Wildman–Crippen LogP) is 2.58. The maximum absolute atomic E-state index is 5.34. The molecule has 0 N–H and O–H groups in total. The van der Waals surface area contributed by atoms with Crippen molar-refractivity contribution in [3.05, 3.63) is 35.4 Å². The molecule has 0 atom stereocenters. The fourth-order valence-electron chi connectivity index (χ4n) is 1.92. The first-order valence-corrected chi connectivity index (χ1v) is 5.66. The first-order valence-electron chi connectivity index (χ1n) is 5.03. The third kappa shape index (κ3) is 1.69. The van der Waals surface area contributed by atoms with Crippen LogP contribution in [0.1, 0.15) is 17.5 Å². The summed E-state index contributed by atoms with van der Waals surface area (Å²) < 4.78 is 5.34. The van der Waals surface area contributed by atoms with Gasteiger partial charge in [-0.3, -0.25) is 0 Å². The van der Waals surface area contributed by atoms with Crippen LogP contribution in [0.3, 0.4) is 0 Å². The second-order valence-electron chi connectivity index (χ2n) is 4.11. The van der Waals surface area contributed by atoms with E-state index in [4.69, 9.17) is 4.74 Å². The minimum atomic E-state index is 0.259. The first-order chi connectivity index (χ1) is 6.77. The van der Waals surface area contributed by atoms with E-state index >= 15 is 0 Å². The van der Waals surface area contributed by atoms with Gasteiger partial charge < -0.3 is 4.74 Å². The highest BCUT2D eigenvalue weighted by Gasteiger charge is 2.39. The number of benzene rings is 1. The Balaban J connectivity index is 2.23. The maximum atomic E-state index is 5.34. The van der Waals surface area contributed by atoms with Crippen molar-refractivity contribution in [2.75, 3.05) is 19.0 Å². The minimum absolute atomic E-state index is 0.259. The van der Waals surface area contributed by atoms with Crippen molar-refractivity contribution in [3.63, 3.8) is 0 Å². The van der Waals surface area contributed by atoms with E-state index in [0.717, 1.165) is 25.4 Å². The Bertz CT molecular complexity index is 301. The van der Waals surface area contributed by atoms with Gasteiger partial charge in [0.1, 0.15) is 0 Å². The molecule has 0 bridgehead atoms.